The Morgan fingerprint density at radius 3 is 2.64 bits per heavy atom. The van der Waals surface area contributed by atoms with Gasteiger partial charge < -0.3 is 15.8 Å². The maximum absolute atomic E-state index is 12.4. The van der Waals surface area contributed by atoms with Crippen molar-refractivity contribution in [2.75, 3.05) is 10.6 Å². The van der Waals surface area contributed by atoms with Gasteiger partial charge in [-0.05, 0) is 24.6 Å². The fraction of sp³-hybridized carbons (Fsp3) is 0.0588. The average Bonchev–Trinajstić information content (AvgIpc) is 3.02. The number of hydrogen-bond acceptors (Lipinski definition) is 4. The van der Waals surface area contributed by atoms with E-state index in [0.717, 1.165) is 28.1 Å². The summed E-state index contributed by atoms with van der Waals surface area (Å²) in [6.45, 7) is 1.97. The van der Waals surface area contributed by atoms with Crippen molar-refractivity contribution in [2.24, 2.45) is 5.16 Å². The van der Waals surface area contributed by atoms with Gasteiger partial charge >= 0.3 is 0 Å². The van der Waals surface area contributed by atoms with Crippen molar-refractivity contribution < 1.29 is 10.0 Å². The molecule has 2 aromatic carbocycles. The second-order valence-electron chi connectivity index (χ2n) is 5.37. The molecule has 5 heteroatoms. The van der Waals surface area contributed by atoms with Gasteiger partial charge in [-0.25, -0.2) is 0 Å². The van der Waals surface area contributed by atoms with Gasteiger partial charge in [0.1, 0.15) is 5.71 Å². The highest BCUT2D eigenvalue weighted by atomic mass is 16.4. The lowest BCUT2D eigenvalue weighted by Crippen LogP contribution is -2.12. The number of rotatable bonds is 0. The molecule has 22 heavy (non-hydrogen) atoms. The highest BCUT2D eigenvalue weighted by Crippen LogP contribution is 2.39. The third-order valence-electron chi connectivity index (χ3n) is 3.95. The number of fused-ring (bicyclic) bond motifs is 2. The first kappa shape index (κ1) is 12.6. The van der Waals surface area contributed by atoms with Gasteiger partial charge in [0, 0.05) is 22.5 Å². The zero-order chi connectivity index (χ0) is 15.3. The van der Waals surface area contributed by atoms with E-state index in [-0.39, 0.29) is 5.91 Å². The zero-order valence-corrected chi connectivity index (χ0v) is 11.8. The molecule has 108 valence electrons. The summed E-state index contributed by atoms with van der Waals surface area (Å²) in [6, 6.07) is 13.3. The summed E-state index contributed by atoms with van der Waals surface area (Å²) in [6.07, 6.45) is 0. The predicted octanol–water partition coefficient (Wildman–Crippen LogP) is 2.96. The van der Waals surface area contributed by atoms with Crippen molar-refractivity contribution in [3.8, 4) is 0 Å². The number of carbonyl (C=O) groups is 1. The Kier molecular flexibility index (Phi) is 2.56. The molecule has 0 atom stereocenters. The van der Waals surface area contributed by atoms with Crippen LogP contribution in [0.3, 0.4) is 0 Å². The van der Waals surface area contributed by atoms with Crippen molar-refractivity contribution in [3.05, 3.63) is 64.9 Å². The van der Waals surface area contributed by atoms with E-state index < -0.39 is 0 Å². The Labute approximate surface area is 127 Å². The molecule has 2 aromatic rings. The lowest BCUT2D eigenvalue weighted by Gasteiger charge is -2.05. The van der Waals surface area contributed by atoms with E-state index in [1.54, 1.807) is 0 Å². The topological polar surface area (TPSA) is 73.7 Å². The molecular weight excluding hydrogens is 278 g/mol. The second kappa shape index (κ2) is 4.46. The lowest BCUT2D eigenvalue weighted by atomic mass is 10.0. The molecule has 4 rings (SSSR count). The Morgan fingerprint density at radius 1 is 1.00 bits per heavy atom. The maximum Gasteiger partial charge on any atom is 0.258 e. The number of oxime groups is 1. The maximum atomic E-state index is 12.4. The van der Waals surface area contributed by atoms with Crippen LogP contribution in [0.15, 0.2) is 53.3 Å². The highest BCUT2D eigenvalue weighted by molar-refractivity contribution is 6.39. The van der Waals surface area contributed by atoms with Crippen molar-refractivity contribution in [1.29, 1.82) is 0 Å². The molecule has 2 heterocycles. The van der Waals surface area contributed by atoms with Crippen LogP contribution in [0.1, 0.15) is 16.7 Å². The number of amides is 1. The van der Waals surface area contributed by atoms with Crippen LogP contribution in [-0.2, 0) is 4.79 Å². The molecule has 0 fully saturated rings. The summed E-state index contributed by atoms with van der Waals surface area (Å²) in [4.78, 5) is 12.4. The molecular formula is C17H13N3O2. The van der Waals surface area contributed by atoms with Gasteiger partial charge in [-0.2, -0.15) is 0 Å². The predicted molar refractivity (Wildman–Crippen MR) is 85.1 cm³/mol. The van der Waals surface area contributed by atoms with Crippen LogP contribution in [0.5, 0.6) is 0 Å². The number of aryl methyl sites for hydroxylation is 1. The smallest absolute Gasteiger partial charge is 0.258 e. The fourth-order valence-electron chi connectivity index (χ4n) is 2.95. The second-order valence-corrected chi connectivity index (χ2v) is 5.37. The average molecular weight is 291 g/mol. The molecule has 0 saturated heterocycles. The Bertz CT molecular complexity index is 881. The number of allylic oxidation sites excluding steroid dienone is 1. The van der Waals surface area contributed by atoms with Gasteiger partial charge in [0.15, 0.2) is 0 Å². The zero-order valence-electron chi connectivity index (χ0n) is 11.8. The van der Waals surface area contributed by atoms with Crippen LogP contribution >= 0.6 is 0 Å². The monoisotopic (exact) mass is 291 g/mol. The van der Waals surface area contributed by atoms with E-state index in [1.807, 2.05) is 49.4 Å². The molecule has 1 amide bonds. The van der Waals surface area contributed by atoms with Crippen molar-refractivity contribution in [1.82, 2.24) is 0 Å². The molecule has 0 radical (unpaired) electrons. The van der Waals surface area contributed by atoms with Gasteiger partial charge in [0.2, 0.25) is 0 Å². The molecule has 0 spiro atoms. The summed E-state index contributed by atoms with van der Waals surface area (Å²) in [5, 5.41) is 18.9. The Balaban J connectivity index is 1.96. The van der Waals surface area contributed by atoms with Crippen LogP contribution in [0.4, 0.5) is 11.4 Å². The molecule has 2 aliphatic heterocycles. The van der Waals surface area contributed by atoms with E-state index in [2.05, 4.69) is 15.8 Å². The van der Waals surface area contributed by atoms with E-state index in [0.29, 0.717) is 17.0 Å². The van der Waals surface area contributed by atoms with Gasteiger partial charge in [-0.1, -0.05) is 35.5 Å². The van der Waals surface area contributed by atoms with Crippen molar-refractivity contribution in [2.45, 2.75) is 6.92 Å². The first-order valence-electron chi connectivity index (χ1n) is 6.94. The SMILES string of the molecule is Cc1ccc2c(c1)NC(=O)/C2=C1\Nc2ccccc2\C1=N\O. The standard InChI is InChI=1S/C17H13N3O2/c1-9-6-7-10-13(8-9)19-17(21)14(10)16-15(20-22)11-4-2-3-5-12(11)18-16/h2-8,18,22H,1H3,(H,19,21)/b16-14-,20-15-. The number of nitrogens with zero attached hydrogens (tertiary/aromatic N) is 1. The van der Waals surface area contributed by atoms with Crippen LogP contribution in [0, 0.1) is 6.92 Å². The summed E-state index contributed by atoms with van der Waals surface area (Å²) in [5.74, 6) is -0.197. The van der Waals surface area contributed by atoms with Crippen LogP contribution in [0.25, 0.3) is 5.57 Å². The molecule has 0 aromatic heterocycles. The first-order chi connectivity index (χ1) is 10.7. The fourth-order valence-corrected chi connectivity index (χ4v) is 2.95. The highest BCUT2D eigenvalue weighted by Gasteiger charge is 2.33. The molecule has 2 aliphatic rings. The molecule has 0 aliphatic carbocycles. The van der Waals surface area contributed by atoms with E-state index in [9.17, 15) is 10.0 Å². The summed E-state index contributed by atoms with van der Waals surface area (Å²) < 4.78 is 0. The minimum absolute atomic E-state index is 0.197. The summed E-state index contributed by atoms with van der Waals surface area (Å²) >= 11 is 0. The van der Waals surface area contributed by atoms with Crippen LogP contribution < -0.4 is 10.6 Å². The minimum Gasteiger partial charge on any atom is -0.410 e. The number of nitrogens with one attached hydrogen (secondary N) is 2. The minimum atomic E-state index is -0.197. The van der Waals surface area contributed by atoms with Gasteiger partial charge in [-0.3, -0.25) is 4.79 Å². The van der Waals surface area contributed by atoms with Gasteiger partial charge in [-0.15, -0.1) is 0 Å². The number of hydrogen-bond donors (Lipinski definition) is 3. The lowest BCUT2D eigenvalue weighted by molar-refractivity contribution is -0.110. The van der Waals surface area contributed by atoms with Crippen LogP contribution in [0.2, 0.25) is 0 Å². The van der Waals surface area contributed by atoms with E-state index in [1.165, 1.54) is 0 Å². The van der Waals surface area contributed by atoms with Crippen molar-refractivity contribution >= 4 is 28.6 Å². The largest absolute Gasteiger partial charge is 0.410 e. The molecule has 0 bridgehead atoms. The molecule has 5 nitrogen and oxygen atoms in total. The van der Waals surface area contributed by atoms with Gasteiger partial charge in [0.25, 0.3) is 5.91 Å². The third kappa shape index (κ3) is 1.65. The number of para-hydroxylation sites is 1. The Morgan fingerprint density at radius 2 is 1.82 bits per heavy atom. The quantitative estimate of drug-likeness (QED) is 0.397. The molecule has 0 unspecified atom stereocenters. The Hall–Kier alpha value is -3.08. The number of benzene rings is 2. The normalized spacial score (nSPS) is 20.6. The number of carbonyl (C=O) groups excluding carboxylic acids is 1. The van der Waals surface area contributed by atoms with Crippen LogP contribution in [-0.4, -0.2) is 16.8 Å². The first-order valence-corrected chi connectivity index (χ1v) is 6.94. The summed E-state index contributed by atoms with van der Waals surface area (Å²) in [5.41, 5.74) is 5.68. The van der Waals surface area contributed by atoms with Crippen molar-refractivity contribution in [3.63, 3.8) is 0 Å². The van der Waals surface area contributed by atoms with E-state index in [4.69, 9.17) is 0 Å². The molecule has 0 saturated carbocycles. The van der Waals surface area contributed by atoms with Gasteiger partial charge in [0.05, 0.1) is 11.3 Å². The van der Waals surface area contributed by atoms with E-state index >= 15 is 0 Å². The third-order valence-corrected chi connectivity index (χ3v) is 3.95. The summed E-state index contributed by atoms with van der Waals surface area (Å²) in [7, 11) is 0. The molecule has 3 N–H and O–H groups in total. The number of anilines is 2.